The smallest absolute Gasteiger partial charge is 0.154 e. The Morgan fingerprint density at radius 1 is 1.06 bits per heavy atom. The molecule has 17 heavy (non-hydrogen) atoms. The van der Waals surface area contributed by atoms with E-state index in [2.05, 4.69) is 41.3 Å². The maximum absolute atomic E-state index is 5.90. The zero-order chi connectivity index (χ0) is 11.8. The quantitative estimate of drug-likeness (QED) is 0.656. The van der Waals surface area contributed by atoms with Crippen LogP contribution in [0.5, 0.6) is 0 Å². The normalized spacial score (nSPS) is 10.9. The molecule has 2 aromatic heterocycles. The summed E-state index contributed by atoms with van der Waals surface area (Å²) in [7, 11) is 0. The Morgan fingerprint density at radius 2 is 1.82 bits per heavy atom. The molecular formula is C13H10ClN3. The molecule has 0 saturated heterocycles. The van der Waals surface area contributed by atoms with Gasteiger partial charge in [0.15, 0.2) is 5.65 Å². The summed E-state index contributed by atoms with van der Waals surface area (Å²) in [6.07, 6.45) is 1.81. The lowest BCUT2D eigenvalue weighted by atomic mass is 10.1. The van der Waals surface area contributed by atoms with Crippen molar-refractivity contribution in [1.82, 2.24) is 14.6 Å². The molecule has 3 rings (SSSR count). The molecule has 3 nitrogen and oxygen atoms in total. The Hall–Kier alpha value is -1.87. The summed E-state index contributed by atoms with van der Waals surface area (Å²) in [5.41, 5.74) is 4.05. The topological polar surface area (TPSA) is 30.2 Å². The average Bonchev–Trinajstić information content (AvgIpc) is 2.73. The number of hydrogen-bond donors (Lipinski definition) is 0. The number of fused-ring (bicyclic) bond motifs is 1. The standard InChI is InChI=1S/C13H10ClN3/c1-9-2-4-10(5-3-9)11-8-15-13-7-6-12(14)16-17(11)13/h2-8H,1H3. The van der Waals surface area contributed by atoms with Crippen molar-refractivity contribution in [1.29, 1.82) is 0 Å². The van der Waals surface area contributed by atoms with Gasteiger partial charge in [0.1, 0.15) is 5.15 Å². The van der Waals surface area contributed by atoms with E-state index in [4.69, 9.17) is 11.6 Å². The molecule has 1 aromatic carbocycles. The minimum atomic E-state index is 0.462. The van der Waals surface area contributed by atoms with Gasteiger partial charge < -0.3 is 0 Å². The van der Waals surface area contributed by atoms with Gasteiger partial charge in [-0.05, 0) is 19.1 Å². The van der Waals surface area contributed by atoms with Crippen molar-refractivity contribution in [3.63, 3.8) is 0 Å². The van der Waals surface area contributed by atoms with E-state index in [0.29, 0.717) is 5.15 Å². The van der Waals surface area contributed by atoms with Crippen LogP contribution >= 0.6 is 11.6 Å². The molecule has 0 radical (unpaired) electrons. The number of aryl methyl sites for hydroxylation is 1. The second-order valence-corrected chi connectivity index (χ2v) is 4.32. The van der Waals surface area contributed by atoms with Crippen LogP contribution in [0.15, 0.2) is 42.6 Å². The van der Waals surface area contributed by atoms with Crippen molar-refractivity contribution in [2.24, 2.45) is 0 Å². The second-order valence-electron chi connectivity index (χ2n) is 3.94. The van der Waals surface area contributed by atoms with E-state index < -0.39 is 0 Å². The number of nitrogens with zero attached hydrogens (tertiary/aromatic N) is 3. The summed E-state index contributed by atoms with van der Waals surface area (Å²) >= 11 is 5.90. The van der Waals surface area contributed by atoms with Gasteiger partial charge in [0.2, 0.25) is 0 Å². The van der Waals surface area contributed by atoms with Gasteiger partial charge in [0.25, 0.3) is 0 Å². The van der Waals surface area contributed by atoms with Gasteiger partial charge in [0, 0.05) is 5.56 Å². The predicted octanol–water partition coefficient (Wildman–Crippen LogP) is 3.36. The SMILES string of the molecule is Cc1ccc(-c2cnc3ccc(Cl)nn23)cc1. The van der Waals surface area contributed by atoms with Crippen molar-refractivity contribution < 1.29 is 0 Å². The fraction of sp³-hybridized carbons (Fsp3) is 0.0769. The third-order valence-corrected chi connectivity index (χ3v) is 2.88. The Bertz CT molecular complexity index is 671. The molecule has 0 spiro atoms. The van der Waals surface area contributed by atoms with Gasteiger partial charge in [-0.2, -0.15) is 5.10 Å². The molecule has 3 aromatic rings. The number of imidazole rings is 1. The molecule has 0 fully saturated rings. The molecule has 0 aliphatic carbocycles. The molecule has 0 saturated carbocycles. The summed E-state index contributed by atoms with van der Waals surface area (Å²) in [6.45, 7) is 2.06. The summed E-state index contributed by atoms with van der Waals surface area (Å²) in [4.78, 5) is 4.30. The third kappa shape index (κ3) is 1.78. The van der Waals surface area contributed by atoms with E-state index in [9.17, 15) is 0 Å². The maximum atomic E-state index is 5.90. The molecular weight excluding hydrogens is 234 g/mol. The lowest BCUT2D eigenvalue weighted by Crippen LogP contribution is -1.93. The minimum absolute atomic E-state index is 0.462. The van der Waals surface area contributed by atoms with Crippen molar-refractivity contribution in [3.05, 3.63) is 53.3 Å². The van der Waals surface area contributed by atoms with Crippen LogP contribution in [0.1, 0.15) is 5.56 Å². The van der Waals surface area contributed by atoms with Gasteiger partial charge in [-0.1, -0.05) is 41.4 Å². The first-order valence-electron chi connectivity index (χ1n) is 5.31. The molecule has 0 aliphatic rings. The van der Waals surface area contributed by atoms with Crippen LogP contribution < -0.4 is 0 Å². The molecule has 0 atom stereocenters. The third-order valence-electron chi connectivity index (χ3n) is 2.68. The molecule has 0 amide bonds. The Kier molecular flexibility index (Phi) is 2.34. The molecule has 0 bridgehead atoms. The molecule has 4 heteroatoms. The van der Waals surface area contributed by atoms with Crippen LogP contribution in [0.4, 0.5) is 0 Å². The number of hydrogen-bond acceptors (Lipinski definition) is 2. The predicted molar refractivity (Wildman–Crippen MR) is 68.2 cm³/mol. The molecule has 0 unspecified atom stereocenters. The number of halogens is 1. The number of rotatable bonds is 1. The first-order chi connectivity index (χ1) is 8.24. The first kappa shape index (κ1) is 10.3. The van der Waals surface area contributed by atoms with E-state index in [1.165, 1.54) is 5.56 Å². The highest BCUT2D eigenvalue weighted by molar-refractivity contribution is 6.29. The lowest BCUT2D eigenvalue weighted by Gasteiger charge is -2.01. The number of aromatic nitrogens is 3. The minimum Gasteiger partial charge on any atom is -0.235 e. The maximum Gasteiger partial charge on any atom is 0.154 e. The van der Waals surface area contributed by atoms with Crippen LogP contribution in [-0.4, -0.2) is 14.6 Å². The first-order valence-corrected chi connectivity index (χ1v) is 5.69. The molecule has 84 valence electrons. The van der Waals surface area contributed by atoms with Crippen molar-refractivity contribution in [3.8, 4) is 11.3 Å². The molecule has 2 heterocycles. The fourth-order valence-corrected chi connectivity index (χ4v) is 1.91. The van der Waals surface area contributed by atoms with Gasteiger partial charge in [-0.25, -0.2) is 9.50 Å². The van der Waals surface area contributed by atoms with E-state index in [-0.39, 0.29) is 0 Å². The Balaban J connectivity index is 2.23. The van der Waals surface area contributed by atoms with Crippen LogP contribution in [0.25, 0.3) is 16.9 Å². The monoisotopic (exact) mass is 243 g/mol. The summed E-state index contributed by atoms with van der Waals surface area (Å²) in [5, 5.41) is 4.72. The largest absolute Gasteiger partial charge is 0.235 e. The van der Waals surface area contributed by atoms with E-state index in [1.807, 2.05) is 12.3 Å². The zero-order valence-electron chi connectivity index (χ0n) is 9.26. The van der Waals surface area contributed by atoms with Gasteiger partial charge >= 0.3 is 0 Å². The average molecular weight is 244 g/mol. The van der Waals surface area contributed by atoms with Crippen molar-refractivity contribution >= 4 is 17.2 Å². The highest BCUT2D eigenvalue weighted by Gasteiger charge is 2.06. The summed E-state index contributed by atoms with van der Waals surface area (Å²) in [5.74, 6) is 0. The summed E-state index contributed by atoms with van der Waals surface area (Å²) < 4.78 is 1.76. The van der Waals surface area contributed by atoms with Gasteiger partial charge in [-0.3, -0.25) is 0 Å². The molecule has 0 aliphatic heterocycles. The second kappa shape index (κ2) is 3.86. The van der Waals surface area contributed by atoms with Crippen LogP contribution in [-0.2, 0) is 0 Å². The van der Waals surface area contributed by atoms with Crippen LogP contribution in [0.3, 0.4) is 0 Å². The fourth-order valence-electron chi connectivity index (χ4n) is 1.77. The number of benzene rings is 1. The van der Waals surface area contributed by atoms with Gasteiger partial charge in [0.05, 0.1) is 11.9 Å². The van der Waals surface area contributed by atoms with Crippen molar-refractivity contribution in [2.45, 2.75) is 6.92 Å². The van der Waals surface area contributed by atoms with Crippen LogP contribution in [0, 0.1) is 6.92 Å². The van der Waals surface area contributed by atoms with Gasteiger partial charge in [-0.15, -0.1) is 0 Å². The van der Waals surface area contributed by atoms with E-state index in [1.54, 1.807) is 10.6 Å². The van der Waals surface area contributed by atoms with Crippen molar-refractivity contribution in [2.75, 3.05) is 0 Å². The van der Waals surface area contributed by atoms with Crippen LogP contribution in [0.2, 0.25) is 5.15 Å². The molecule has 0 N–H and O–H groups in total. The Labute approximate surface area is 104 Å². The summed E-state index contributed by atoms with van der Waals surface area (Å²) in [6, 6.07) is 11.8. The zero-order valence-corrected chi connectivity index (χ0v) is 10.0. The lowest BCUT2D eigenvalue weighted by molar-refractivity contribution is 0.943. The van der Waals surface area contributed by atoms with E-state index in [0.717, 1.165) is 16.9 Å². The van der Waals surface area contributed by atoms with E-state index >= 15 is 0 Å². The Morgan fingerprint density at radius 3 is 2.59 bits per heavy atom. The highest BCUT2D eigenvalue weighted by atomic mass is 35.5. The highest BCUT2D eigenvalue weighted by Crippen LogP contribution is 2.21.